The summed E-state index contributed by atoms with van der Waals surface area (Å²) >= 11 is 0. The second-order valence-corrected chi connectivity index (χ2v) is 3.51. The predicted molar refractivity (Wildman–Crippen MR) is 59.3 cm³/mol. The molecular weight excluding hydrogens is 160 g/mol. The van der Waals surface area contributed by atoms with E-state index >= 15 is 0 Å². The van der Waals surface area contributed by atoms with Crippen molar-refractivity contribution >= 4 is 0 Å². The average Bonchev–Trinajstić information content (AvgIpc) is 2.16. The van der Waals surface area contributed by atoms with E-state index < -0.39 is 0 Å². The maximum absolute atomic E-state index is 5.16. The van der Waals surface area contributed by atoms with Crippen molar-refractivity contribution in [3.8, 4) is 0 Å². The lowest BCUT2D eigenvalue weighted by atomic mass is 10.1. The number of rotatable bonds is 10. The fraction of sp³-hybridized carbons (Fsp3) is 0.818. The Morgan fingerprint density at radius 3 is 2.00 bits per heavy atom. The van der Waals surface area contributed by atoms with Gasteiger partial charge in [-0.15, -0.1) is 6.58 Å². The first-order valence-corrected chi connectivity index (χ1v) is 5.46. The van der Waals surface area contributed by atoms with Gasteiger partial charge in [0.1, 0.15) is 0 Å². The molecule has 0 amide bonds. The van der Waals surface area contributed by atoms with E-state index in [0.29, 0.717) is 0 Å². The van der Waals surface area contributed by atoms with E-state index in [-0.39, 0.29) is 0 Å². The molecule has 0 aromatic heterocycles. The van der Waals surface area contributed by atoms with E-state index in [9.17, 15) is 0 Å². The fourth-order valence-electron chi connectivity index (χ4n) is 1.40. The Kier molecular flexibility index (Phi) is 11.4. The molecule has 0 saturated carbocycles. The third kappa shape index (κ3) is 11.7. The van der Waals surface area contributed by atoms with Gasteiger partial charge in [0.25, 0.3) is 0 Å². The highest BCUT2D eigenvalue weighted by Gasteiger charge is 1.90. The van der Waals surface area contributed by atoms with E-state index in [1.54, 1.807) is 0 Å². The zero-order valence-corrected chi connectivity index (χ0v) is 8.73. The smallest absolute Gasteiger partial charge is 0.00974 e. The Balaban J connectivity index is 2.79. The van der Waals surface area contributed by atoms with Crippen molar-refractivity contribution in [2.75, 3.05) is 6.54 Å². The van der Waals surface area contributed by atoms with Crippen LogP contribution in [-0.4, -0.2) is 6.54 Å². The van der Waals surface area contributed by atoms with Gasteiger partial charge in [-0.2, -0.15) is 0 Å². The fourth-order valence-corrected chi connectivity index (χ4v) is 1.40. The van der Waals surface area contributed by atoms with Crippen LogP contribution < -0.4 is 11.3 Å². The minimum atomic E-state index is 0.955. The number of allylic oxidation sites excluding steroid dienone is 1. The van der Waals surface area contributed by atoms with Crippen LogP contribution in [0.3, 0.4) is 0 Å². The molecule has 13 heavy (non-hydrogen) atoms. The number of nitrogens with two attached hydrogens (primary N) is 1. The zero-order chi connectivity index (χ0) is 9.78. The molecule has 0 atom stereocenters. The Morgan fingerprint density at radius 2 is 1.46 bits per heavy atom. The molecule has 0 radical (unpaired) electrons. The summed E-state index contributed by atoms with van der Waals surface area (Å²) < 4.78 is 0. The van der Waals surface area contributed by atoms with Crippen molar-refractivity contribution in [1.82, 2.24) is 5.43 Å². The normalized spacial score (nSPS) is 10.2. The van der Waals surface area contributed by atoms with Gasteiger partial charge in [-0.3, -0.25) is 11.3 Å². The number of hydrogen-bond donors (Lipinski definition) is 2. The van der Waals surface area contributed by atoms with E-state index in [1.165, 1.54) is 51.4 Å². The van der Waals surface area contributed by atoms with Gasteiger partial charge in [-0.25, -0.2) is 0 Å². The van der Waals surface area contributed by atoms with Gasteiger partial charge >= 0.3 is 0 Å². The first-order valence-electron chi connectivity index (χ1n) is 5.46. The Morgan fingerprint density at radius 1 is 0.923 bits per heavy atom. The molecule has 0 unspecified atom stereocenters. The molecule has 2 heteroatoms. The van der Waals surface area contributed by atoms with Crippen molar-refractivity contribution in [3.05, 3.63) is 12.7 Å². The lowest BCUT2D eigenvalue weighted by molar-refractivity contribution is 0.564. The van der Waals surface area contributed by atoms with E-state index in [2.05, 4.69) is 12.0 Å². The second-order valence-electron chi connectivity index (χ2n) is 3.51. The highest BCUT2D eigenvalue weighted by Crippen LogP contribution is 2.08. The summed E-state index contributed by atoms with van der Waals surface area (Å²) in [4.78, 5) is 0. The van der Waals surface area contributed by atoms with Crippen LogP contribution in [0.4, 0.5) is 0 Å². The summed E-state index contributed by atoms with van der Waals surface area (Å²) in [5.41, 5.74) is 2.68. The summed E-state index contributed by atoms with van der Waals surface area (Å²) in [5.74, 6) is 5.16. The van der Waals surface area contributed by atoms with Gasteiger partial charge in [0.2, 0.25) is 0 Å². The molecule has 0 aliphatic rings. The van der Waals surface area contributed by atoms with Gasteiger partial charge < -0.3 is 0 Å². The van der Waals surface area contributed by atoms with Crippen molar-refractivity contribution < 1.29 is 0 Å². The van der Waals surface area contributed by atoms with Crippen LogP contribution in [0.5, 0.6) is 0 Å². The zero-order valence-electron chi connectivity index (χ0n) is 8.73. The maximum atomic E-state index is 5.16. The lowest BCUT2D eigenvalue weighted by Crippen LogP contribution is -2.22. The molecule has 0 aromatic rings. The van der Waals surface area contributed by atoms with Gasteiger partial charge in [-0.05, 0) is 19.3 Å². The first-order chi connectivity index (χ1) is 6.41. The molecule has 0 saturated heterocycles. The standard InChI is InChI=1S/C11H24N2/c1-2-3-4-5-6-7-8-9-10-11-13-12/h2,13H,1,3-12H2. The van der Waals surface area contributed by atoms with Crippen molar-refractivity contribution in [1.29, 1.82) is 0 Å². The summed E-state index contributed by atoms with van der Waals surface area (Å²) in [6, 6.07) is 0. The third-order valence-electron chi connectivity index (χ3n) is 2.23. The van der Waals surface area contributed by atoms with Gasteiger partial charge in [0.15, 0.2) is 0 Å². The van der Waals surface area contributed by atoms with Crippen molar-refractivity contribution in [2.24, 2.45) is 5.84 Å². The van der Waals surface area contributed by atoms with Gasteiger partial charge in [-0.1, -0.05) is 38.2 Å². The number of unbranched alkanes of at least 4 members (excludes halogenated alkanes) is 7. The van der Waals surface area contributed by atoms with Crippen LogP contribution in [0.1, 0.15) is 51.4 Å². The summed E-state index contributed by atoms with van der Waals surface area (Å²) in [6.45, 7) is 4.66. The van der Waals surface area contributed by atoms with Crippen LogP contribution in [0.15, 0.2) is 12.7 Å². The third-order valence-corrected chi connectivity index (χ3v) is 2.23. The molecule has 0 aromatic carbocycles. The molecule has 0 bridgehead atoms. The van der Waals surface area contributed by atoms with Crippen LogP contribution >= 0.6 is 0 Å². The molecule has 0 rings (SSSR count). The van der Waals surface area contributed by atoms with Gasteiger partial charge in [0, 0.05) is 6.54 Å². The monoisotopic (exact) mass is 184 g/mol. The van der Waals surface area contributed by atoms with Crippen LogP contribution in [-0.2, 0) is 0 Å². The average molecular weight is 184 g/mol. The summed E-state index contributed by atoms with van der Waals surface area (Å²) in [5, 5.41) is 0. The quantitative estimate of drug-likeness (QED) is 0.237. The van der Waals surface area contributed by atoms with Crippen LogP contribution in [0.2, 0.25) is 0 Å². The Labute approximate surface area is 82.6 Å². The van der Waals surface area contributed by atoms with Gasteiger partial charge in [0.05, 0.1) is 0 Å². The second kappa shape index (κ2) is 11.7. The molecule has 2 nitrogen and oxygen atoms in total. The molecule has 78 valence electrons. The molecule has 0 aliphatic heterocycles. The highest BCUT2D eigenvalue weighted by molar-refractivity contribution is 4.65. The number of nitrogens with one attached hydrogen (secondary N) is 1. The maximum Gasteiger partial charge on any atom is 0.00974 e. The topological polar surface area (TPSA) is 38.0 Å². The number of hydrazine groups is 1. The molecule has 3 N–H and O–H groups in total. The SMILES string of the molecule is C=CCCCCCCCCCNN. The predicted octanol–water partition coefficient (Wildman–Crippen LogP) is 2.76. The minimum Gasteiger partial charge on any atom is -0.271 e. The first kappa shape index (κ1) is 12.7. The Bertz CT molecular complexity index is 102. The molecule has 0 fully saturated rings. The Hall–Kier alpha value is -0.340. The molecule has 0 aliphatic carbocycles. The molecule has 0 spiro atoms. The molecular formula is C11H24N2. The molecule has 0 heterocycles. The largest absolute Gasteiger partial charge is 0.271 e. The van der Waals surface area contributed by atoms with Crippen molar-refractivity contribution in [3.63, 3.8) is 0 Å². The van der Waals surface area contributed by atoms with E-state index in [0.717, 1.165) is 6.54 Å². The highest BCUT2D eigenvalue weighted by atomic mass is 15.2. The summed E-state index contributed by atoms with van der Waals surface area (Å²) in [6.07, 6.45) is 12.5. The van der Waals surface area contributed by atoms with Crippen LogP contribution in [0.25, 0.3) is 0 Å². The number of hydrogen-bond acceptors (Lipinski definition) is 2. The summed E-state index contributed by atoms with van der Waals surface area (Å²) in [7, 11) is 0. The van der Waals surface area contributed by atoms with Crippen molar-refractivity contribution in [2.45, 2.75) is 51.4 Å². The van der Waals surface area contributed by atoms with E-state index in [4.69, 9.17) is 5.84 Å². The lowest BCUT2D eigenvalue weighted by Gasteiger charge is -2.00. The van der Waals surface area contributed by atoms with Crippen LogP contribution in [0, 0.1) is 0 Å². The minimum absolute atomic E-state index is 0.955. The van der Waals surface area contributed by atoms with E-state index in [1.807, 2.05) is 6.08 Å².